The first-order valence-corrected chi connectivity index (χ1v) is 11.7. The number of anilines is 1. The highest BCUT2D eigenvalue weighted by Gasteiger charge is 2.17. The predicted molar refractivity (Wildman–Crippen MR) is 146 cm³/mol. The van der Waals surface area contributed by atoms with Crippen LogP contribution in [-0.2, 0) is 4.79 Å². The van der Waals surface area contributed by atoms with Crippen LogP contribution in [0.5, 0.6) is 5.75 Å². The van der Waals surface area contributed by atoms with Gasteiger partial charge in [-0.3, -0.25) is 14.9 Å². The molecule has 0 spiro atoms. The van der Waals surface area contributed by atoms with Crippen LogP contribution in [0.4, 0.5) is 11.4 Å². The van der Waals surface area contributed by atoms with Crippen molar-refractivity contribution in [3.8, 4) is 16.9 Å². The lowest BCUT2D eigenvalue weighted by atomic mass is 9.96. The maximum absolute atomic E-state index is 12.9. The normalized spacial score (nSPS) is 11.6. The minimum atomic E-state index is -0.491. The molecule has 1 N–H and O–H groups in total. The number of nitro groups is 1. The van der Waals surface area contributed by atoms with E-state index in [1.54, 1.807) is 26.4 Å². The molecule has 0 saturated heterocycles. The molecule has 0 aliphatic rings. The minimum absolute atomic E-state index is 0.0883. The molecule has 0 atom stereocenters. The highest BCUT2D eigenvalue weighted by molar-refractivity contribution is 6.07. The maximum atomic E-state index is 12.9. The molecule has 5 rings (SSSR count). The standard InChI is InChI=1S/C30H24N2O5/c1-18-11-12-21(32(34)35)14-27(18)31-30(33)13-19(2)24-15-25-26(17-37-29(25)16-28(24)36-3)23-10-6-8-20-7-4-5-9-22(20)23/h4-17H,1-3H3,(H,31,33)/b19-13+. The van der Waals surface area contributed by atoms with Gasteiger partial charge in [0.15, 0.2) is 0 Å². The lowest BCUT2D eigenvalue weighted by Crippen LogP contribution is -2.10. The summed E-state index contributed by atoms with van der Waals surface area (Å²) in [7, 11) is 1.57. The molecule has 0 saturated carbocycles. The van der Waals surface area contributed by atoms with Crippen molar-refractivity contribution in [1.29, 1.82) is 0 Å². The average Bonchev–Trinajstić information content (AvgIpc) is 3.31. The van der Waals surface area contributed by atoms with Crippen molar-refractivity contribution in [1.82, 2.24) is 0 Å². The highest BCUT2D eigenvalue weighted by atomic mass is 16.6. The Balaban J connectivity index is 1.54. The van der Waals surface area contributed by atoms with Crippen LogP contribution in [0.1, 0.15) is 18.1 Å². The second kappa shape index (κ2) is 9.62. The molecule has 0 radical (unpaired) electrons. The highest BCUT2D eigenvalue weighted by Crippen LogP contribution is 2.39. The predicted octanol–water partition coefficient (Wildman–Crippen LogP) is 7.52. The van der Waals surface area contributed by atoms with Gasteiger partial charge in [-0.1, -0.05) is 48.5 Å². The first-order valence-electron chi connectivity index (χ1n) is 11.7. The number of carbonyl (C=O) groups is 1. The van der Waals surface area contributed by atoms with Gasteiger partial charge >= 0.3 is 0 Å². The number of allylic oxidation sites excluding steroid dienone is 1. The van der Waals surface area contributed by atoms with E-state index in [2.05, 4.69) is 29.6 Å². The molecule has 0 bridgehead atoms. The summed E-state index contributed by atoms with van der Waals surface area (Å²) < 4.78 is 11.5. The fourth-order valence-electron chi connectivity index (χ4n) is 4.50. The van der Waals surface area contributed by atoms with E-state index in [4.69, 9.17) is 9.15 Å². The van der Waals surface area contributed by atoms with E-state index in [0.717, 1.165) is 38.4 Å². The van der Waals surface area contributed by atoms with Crippen molar-refractivity contribution >= 4 is 44.6 Å². The molecule has 1 aromatic heterocycles. The summed E-state index contributed by atoms with van der Waals surface area (Å²) in [5.41, 5.74) is 5.10. The minimum Gasteiger partial charge on any atom is -0.496 e. The summed E-state index contributed by atoms with van der Waals surface area (Å²) in [6.07, 6.45) is 3.20. The van der Waals surface area contributed by atoms with E-state index in [9.17, 15) is 14.9 Å². The van der Waals surface area contributed by atoms with Gasteiger partial charge in [-0.2, -0.15) is 0 Å². The molecule has 5 aromatic rings. The maximum Gasteiger partial charge on any atom is 0.271 e. The van der Waals surface area contributed by atoms with Crippen LogP contribution in [0.25, 0.3) is 38.4 Å². The molecule has 0 aliphatic heterocycles. The number of non-ortho nitro benzene ring substituents is 1. The summed E-state index contributed by atoms with van der Waals surface area (Å²) in [5.74, 6) is 0.170. The second-order valence-corrected chi connectivity index (χ2v) is 8.80. The fraction of sp³-hybridized carbons (Fsp3) is 0.100. The summed E-state index contributed by atoms with van der Waals surface area (Å²) in [4.78, 5) is 23.5. The molecule has 184 valence electrons. The third-order valence-corrected chi connectivity index (χ3v) is 6.44. The zero-order valence-corrected chi connectivity index (χ0v) is 20.6. The third-order valence-electron chi connectivity index (χ3n) is 6.44. The number of nitrogens with one attached hydrogen (secondary N) is 1. The number of fused-ring (bicyclic) bond motifs is 2. The molecule has 0 aliphatic carbocycles. The Hall–Kier alpha value is -4.91. The van der Waals surface area contributed by atoms with Crippen molar-refractivity contribution in [3.05, 3.63) is 106 Å². The molecule has 0 fully saturated rings. The number of nitrogens with zero attached hydrogens (tertiary/aromatic N) is 1. The molecule has 0 unspecified atom stereocenters. The number of methoxy groups -OCH3 is 1. The number of carbonyl (C=O) groups excluding carboxylic acids is 1. The van der Waals surface area contributed by atoms with E-state index >= 15 is 0 Å². The van der Waals surface area contributed by atoms with Crippen molar-refractivity contribution < 1.29 is 18.9 Å². The number of amides is 1. The third kappa shape index (κ3) is 4.54. The van der Waals surface area contributed by atoms with Gasteiger partial charge in [0.05, 0.1) is 24.0 Å². The first kappa shape index (κ1) is 23.8. The van der Waals surface area contributed by atoms with E-state index in [-0.39, 0.29) is 5.69 Å². The lowest BCUT2D eigenvalue weighted by molar-refractivity contribution is -0.384. The van der Waals surface area contributed by atoms with E-state index < -0.39 is 10.8 Å². The van der Waals surface area contributed by atoms with Gasteiger partial charge in [0.25, 0.3) is 5.69 Å². The smallest absolute Gasteiger partial charge is 0.271 e. The summed E-state index contributed by atoms with van der Waals surface area (Å²) >= 11 is 0. The number of ether oxygens (including phenoxy) is 1. The molecular weight excluding hydrogens is 468 g/mol. The van der Waals surface area contributed by atoms with Crippen LogP contribution in [0.15, 0.2) is 89.6 Å². The number of rotatable bonds is 6. The van der Waals surface area contributed by atoms with Crippen molar-refractivity contribution in [2.24, 2.45) is 0 Å². The molecule has 4 aromatic carbocycles. The number of hydrogen-bond donors (Lipinski definition) is 1. The van der Waals surface area contributed by atoms with Gasteiger partial charge in [0, 0.05) is 40.8 Å². The van der Waals surface area contributed by atoms with Gasteiger partial charge in [0.1, 0.15) is 11.3 Å². The van der Waals surface area contributed by atoms with E-state index in [0.29, 0.717) is 22.6 Å². The van der Waals surface area contributed by atoms with Crippen LogP contribution in [-0.4, -0.2) is 17.9 Å². The van der Waals surface area contributed by atoms with Gasteiger partial charge in [-0.25, -0.2) is 0 Å². The van der Waals surface area contributed by atoms with Gasteiger partial charge in [-0.15, -0.1) is 0 Å². The van der Waals surface area contributed by atoms with E-state index in [1.165, 1.54) is 18.2 Å². The van der Waals surface area contributed by atoms with Crippen LogP contribution in [0, 0.1) is 17.0 Å². The SMILES string of the molecule is COc1cc2occ(-c3cccc4ccccc34)c2cc1/C(C)=C/C(=O)Nc1cc([N+](=O)[O-])ccc1C. The Morgan fingerprint density at radius 3 is 2.57 bits per heavy atom. The zero-order chi connectivity index (χ0) is 26.1. The fourth-order valence-corrected chi connectivity index (χ4v) is 4.50. The molecule has 7 heteroatoms. The number of aryl methyl sites for hydroxylation is 1. The van der Waals surface area contributed by atoms with E-state index in [1.807, 2.05) is 37.3 Å². The second-order valence-electron chi connectivity index (χ2n) is 8.80. The summed E-state index contributed by atoms with van der Waals surface area (Å²) in [6.45, 7) is 3.60. The van der Waals surface area contributed by atoms with Crippen LogP contribution >= 0.6 is 0 Å². The van der Waals surface area contributed by atoms with Crippen LogP contribution < -0.4 is 10.1 Å². The van der Waals surface area contributed by atoms with Crippen molar-refractivity contribution in [2.75, 3.05) is 12.4 Å². The van der Waals surface area contributed by atoms with Crippen molar-refractivity contribution in [2.45, 2.75) is 13.8 Å². The zero-order valence-electron chi connectivity index (χ0n) is 20.6. The first-order chi connectivity index (χ1) is 17.9. The molecular formula is C30H24N2O5. The number of nitro benzene ring substituents is 1. The Morgan fingerprint density at radius 2 is 1.78 bits per heavy atom. The molecule has 1 amide bonds. The summed E-state index contributed by atoms with van der Waals surface area (Å²) in [6, 6.07) is 22.5. The van der Waals surface area contributed by atoms with Gasteiger partial charge < -0.3 is 14.5 Å². The topological polar surface area (TPSA) is 94.6 Å². The Morgan fingerprint density at radius 1 is 1.00 bits per heavy atom. The number of benzene rings is 4. The number of furan rings is 1. The van der Waals surface area contributed by atoms with Crippen LogP contribution in [0.2, 0.25) is 0 Å². The largest absolute Gasteiger partial charge is 0.496 e. The van der Waals surface area contributed by atoms with Crippen molar-refractivity contribution in [3.63, 3.8) is 0 Å². The average molecular weight is 493 g/mol. The molecule has 7 nitrogen and oxygen atoms in total. The summed E-state index contributed by atoms with van der Waals surface area (Å²) in [5, 5.41) is 17.0. The lowest BCUT2D eigenvalue weighted by Gasteiger charge is -2.11. The van der Waals surface area contributed by atoms with Crippen LogP contribution in [0.3, 0.4) is 0 Å². The van der Waals surface area contributed by atoms with Gasteiger partial charge in [0.2, 0.25) is 5.91 Å². The Kier molecular flexibility index (Phi) is 6.19. The Bertz CT molecular complexity index is 1710. The molecule has 1 heterocycles. The quantitative estimate of drug-likeness (QED) is 0.150. The molecule has 37 heavy (non-hydrogen) atoms. The van der Waals surface area contributed by atoms with Gasteiger partial charge in [-0.05, 0) is 47.4 Å². The monoisotopic (exact) mass is 492 g/mol. The number of hydrogen-bond acceptors (Lipinski definition) is 5. The Labute approximate surface area is 213 Å².